The van der Waals surface area contributed by atoms with Gasteiger partial charge in [-0.25, -0.2) is 8.78 Å². The number of aromatic nitrogens is 1. The van der Waals surface area contributed by atoms with Crippen LogP contribution in [0.15, 0.2) is 27.3 Å². The molecule has 0 amide bonds. The maximum Gasteiger partial charge on any atom is 0.161 e. The molecule has 0 atom stereocenters. The minimum atomic E-state index is -0.890. The molecular formula is C9H3Br2F2N. The van der Waals surface area contributed by atoms with Crippen molar-refractivity contribution in [2.75, 3.05) is 0 Å². The smallest absolute Gasteiger partial charge is 0.161 e. The highest BCUT2D eigenvalue weighted by atomic mass is 79.9. The average Bonchev–Trinajstić information content (AvgIpc) is 2.15. The van der Waals surface area contributed by atoms with E-state index in [2.05, 4.69) is 36.8 Å². The van der Waals surface area contributed by atoms with Crippen LogP contribution in [0.1, 0.15) is 0 Å². The van der Waals surface area contributed by atoms with E-state index < -0.39 is 11.6 Å². The molecule has 0 saturated carbocycles. The lowest BCUT2D eigenvalue weighted by Gasteiger charge is -2.02. The maximum absolute atomic E-state index is 12.9. The Labute approximate surface area is 95.4 Å². The van der Waals surface area contributed by atoms with Crippen molar-refractivity contribution in [2.24, 2.45) is 0 Å². The Balaban J connectivity index is 2.89. The van der Waals surface area contributed by atoms with Gasteiger partial charge in [-0.3, -0.25) is 4.98 Å². The van der Waals surface area contributed by atoms with Gasteiger partial charge in [-0.05, 0) is 37.9 Å². The third kappa shape index (κ3) is 1.54. The molecule has 0 unspecified atom stereocenters. The Morgan fingerprint density at radius 3 is 2.43 bits per heavy atom. The predicted molar refractivity (Wildman–Crippen MR) is 57.1 cm³/mol. The highest BCUT2D eigenvalue weighted by Crippen LogP contribution is 2.30. The van der Waals surface area contributed by atoms with E-state index in [9.17, 15) is 8.78 Å². The topological polar surface area (TPSA) is 12.9 Å². The number of fused-ring (bicyclic) bond motifs is 1. The van der Waals surface area contributed by atoms with Gasteiger partial charge in [0.2, 0.25) is 0 Å². The van der Waals surface area contributed by atoms with Crippen molar-refractivity contribution in [1.82, 2.24) is 4.98 Å². The zero-order valence-electron chi connectivity index (χ0n) is 6.69. The normalized spacial score (nSPS) is 10.9. The van der Waals surface area contributed by atoms with E-state index in [0.717, 1.165) is 12.1 Å². The molecule has 1 aromatic heterocycles. The molecule has 1 aromatic carbocycles. The van der Waals surface area contributed by atoms with Gasteiger partial charge >= 0.3 is 0 Å². The lowest BCUT2D eigenvalue weighted by atomic mass is 10.2. The molecule has 1 heterocycles. The summed E-state index contributed by atoms with van der Waals surface area (Å²) >= 11 is 6.50. The minimum Gasteiger partial charge on any atom is -0.255 e. The standard InChI is InChI=1S/C9H3Br2F2N/c10-5-3-14-8-2-7(13)6(12)1-4(8)9(5)11/h1-3H. The first-order valence-electron chi connectivity index (χ1n) is 3.68. The minimum absolute atomic E-state index is 0.416. The van der Waals surface area contributed by atoms with Crippen LogP contribution in [0.4, 0.5) is 8.78 Å². The number of hydrogen-bond acceptors (Lipinski definition) is 1. The first-order valence-corrected chi connectivity index (χ1v) is 5.27. The monoisotopic (exact) mass is 321 g/mol. The SMILES string of the molecule is Fc1cc2ncc(Br)c(Br)c2cc1F. The Morgan fingerprint density at radius 2 is 1.71 bits per heavy atom. The van der Waals surface area contributed by atoms with Gasteiger partial charge in [0.05, 0.1) is 9.99 Å². The number of hydrogen-bond donors (Lipinski definition) is 0. The van der Waals surface area contributed by atoms with Crippen molar-refractivity contribution in [3.63, 3.8) is 0 Å². The molecule has 0 fully saturated rings. The van der Waals surface area contributed by atoms with Crippen LogP contribution in [-0.4, -0.2) is 4.98 Å². The van der Waals surface area contributed by atoms with Crippen LogP contribution in [0.5, 0.6) is 0 Å². The second-order valence-corrected chi connectivity index (χ2v) is 4.35. The molecule has 72 valence electrons. The van der Waals surface area contributed by atoms with Crippen molar-refractivity contribution in [1.29, 1.82) is 0 Å². The molecule has 0 bridgehead atoms. The van der Waals surface area contributed by atoms with E-state index in [0.29, 0.717) is 19.8 Å². The van der Waals surface area contributed by atoms with Crippen LogP contribution in [0.3, 0.4) is 0 Å². The summed E-state index contributed by atoms with van der Waals surface area (Å²) < 4.78 is 27.1. The Morgan fingerprint density at radius 1 is 1.07 bits per heavy atom. The largest absolute Gasteiger partial charge is 0.255 e. The number of nitrogens with zero attached hydrogens (tertiary/aromatic N) is 1. The van der Waals surface area contributed by atoms with Gasteiger partial charge in [0.15, 0.2) is 11.6 Å². The molecule has 0 radical (unpaired) electrons. The zero-order chi connectivity index (χ0) is 10.3. The molecule has 0 saturated heterocycles. The van der Waals surface area contributed by atoms with Crippen LogP contribution in [0.2, 0.25) is 0 Å². The number of pyridine rings is 1. The zero-order valence-corrected chi connectivity index (χ0v) is 9.86. The van der Waals surface area contributed by atoms with Gasteiger partial charge in [0, 0.05) is 22.1 Å². The van der Waals surface area contributed by atoms with Gasteiger partial charge in [0.1, 0.15) is 0 Å². The van der Waals surface area contributed by atoms with Gasteiger partial charge in [-0.1, -0.05) is 0 Å². The summed E-state index contributed by atoms with van der Waals surface area (Å²) in [6.07, 6.45) is 1.53. The van der Waals surface area contributed by atoms with Gasteiger partial charge in [0.25, 0.3) is 0 Å². The number of halogens is 4. The fourth-order valence-corrected chi connectivity index (χ4v) is 1.87. The van der Waals surface area contributed by atoms with E-state index >= 15 is 0 Å². The summed E-state index contributed by atoms with van der Waals surface area (Å²) in [6, 6.07) is 2.19. The van der Waals surface area contributed by atoms with Crippen LogP contribution in [-0.2, 0) is 0 Å². The second-order valence-electron chi connectivity index (χ2n) is 2.70. The quantitative estimate of drug-likeness (QED) is 0.713. The lowest BCUT2D eigenvalue weighted by Crippen LogP contribution is -1.88. The van der Waals surface area contributed by atoms with Crippen LogP contribution < -0.4 is 0 Å². The molecule has 0 N–H and O–H groups in total. The molecule has 0 aliphatic carbocycles. The molecule has 5 heteroatoms. The average molecular weight is 323 g/mol. The van der Waals surface area contributed by atoms with Crippen molar-refractivity contribution < 1.29 is 8.78 Å². The van der Waals surface area contributed by atoms with Crippen molar-refractivity contribution in [2.45, 2.75) is 0 Å². The van der Waals surface area contributed by atoms with Gasteiger partial charge < -0.3 is 0 Å². The highest BCUT2D eigenvalue weighted by molar-refractivity contribution is 9.13. The molecule has 2 aromatic rings. The Bertz CT molecular complexity index is 514. The summed E-state index contributed by atoms with van der Waals surface area (Å²) in [6.45, 7) is 0. The summed E-state index contributed by atoms with van der Waals surface area (Å²) in [4.78, 5) is 3.96. The molecule has 0 spiro atoms. The van der Waals surface area contributed by atoms with Crippen LogP contribution >= 0.6 is 31.9 Å². The Kier molecular flexibility index (Phi) is 2.53. The summed E-state index contributed by atoms with van der Waals surface area (Å²) in [5.41, 5.74) is 0.416. The van der Waals surface area contributed by atoms with E-state index in [-0.39, 0.29) is 0 Å². The molecule has 14 heavy (non-hydrogen) atoms. The van der Waals surface area contributed by atoms with Gasteiger partial charge in [-0.2, -0.15) is 0 Å². The third-order valence-corrected chi connectivity index (χ3v) is 3.79. The van der Waals surface area contributed by atoms with Gasteiger partial charge in [-0.15, -0.1) is 0 Å². The van der Waals surface area contributed by atoms with E-state index in [1.165, 1.54) is 6.20 Å². The predicted octanol–water partition coefficient (Wildman–Crippen LogP) is 4.04. The maximum atomic E-state index is 12.9. The molecule has 1 nitrogen and oxygen atoms in total. The first-order chi connectivity index (χ1) is 6.59. The summed E-state index contributed by atoms with van der Waals surface area (Å²) in [5.74, 6) is -1.77. The van der Waals surface area contributed by atoms with E-state index in [1.54, 1.807) is 0 Å². The second kappa shape index (κ2) is 3.55. The summed E-state index contributed by atoms with van der Waals surface area (Å²) in [7, 11) is 0. The number of benzene rings is 1. The molecule has 2 rings (SSSR count). The fourth-order valence-electron chi connectivity index (χ4n) is 1.13. The number of rotatable bonds is 0. The first kappa shape index (κ1) is 9.98. The van der Waals surface area contributed by atoms with Crippen molar-refractivity contribution in [3.8, 4) is 0 Å². The van der Waals surface area contributed by atoms with Crippen LogP contribution in [0, 0.1) is 11.6 Å². The third-order valence-electron chi connectivity index (χ3n) is 1.80. The molecular weight excluding hydrogens is 320 g/mol. The molecule has 0 aliphatic rings. The fraction of sp³-hybridized carbons (Fsp3) is 0. The highest BCUT2D eigenvalue weighted by Gasteiger charge is 2.09. The van der Waals surface area contributed by atoms with Crippen LogP contribution in [0.25, 0.3) is 10.9 Å². The summed E-state index contributed by atoms with van der Waals surface area (Å²) in [5, 5.41) is 0.540. The van der Waals surface area contributed by atoms with E-state index in [1.807, 2.05) is 0 Å². The van der Waals surface area contributed by atoms with Crippen molar-refractivity contribution in [3.05, 3.63) is 38.9 Å². The lowest BCUT2D eigenvalue weighted by molar-refractivity contribution is 0.510. The Hall–Kier alpha value is -0.550. The van der Waals surface area contributed by atoms with E-state index in [4.69, 9.17) is 0 Å². The van der Waals surface area contributed by atoms with Crippen molar-refractivity contribution >= 4 is 42.8 Å². The molecule has 0 aliphatic heterocycles.